The van der Waals surface area contributed by atoms with Crippen LogP contribution >= 0.6 is 0 Å². The molecule has 0 spiro atoms. The Hall–Kier alpha value is -1.06. The third-order valence-electron chi connectivity index (χ3n) is 2.68. The molecule has 3 nitrogen and oxygen atoms in total. The van der Waals surface area contributed by atoms with E-state index in [1.165, 1.54) is 0 Å². The Morgan fingerprint density at radius 1 is 1.12 bits per heavy atom. The number of aliphatic hydroxyl groups is 1. The molecule has 0 amide bonds. The molecule has 1 atom stereocenters. The van der Waals surface area contributed by atoms with Crippen LogP contribution in [0.25, 0.3) is 0 Å². The first-order valence-corrected chi connectivity index (χ1v) is 5.65. The zero-order valence-electron chi connectivity index (χ0n) is 10.6. The largest absolute Gasteiger partial charge is 0.389 e. The first-order chi connectivity index (χ1) is 7.52. The molecule has 0 saturated heterocycles. The number of aliphatic hydroxyl groups excluding tert-OH is 1. The molecule has 1 rings (SSSR count). The summed E-state index contributed by atoms with van der Waals surface area (Å²) in [6.07, 6.45) is -0.419. The lowest BCUT2D eigenvalue weighted by Gasteiger charge is -2.25. The van der Waals surface area contributed by atoms with Gasteiger partial charge in [-0.05, 0) is 27.1 Å². The maximum atomic E-state index is 9.69. The molecule has 0 unspecified atom stereocenters. The van der Waals surface area contributed by atoms with Crippen LogP contribution in [0.3, 0.4) is 0 Å². The molecule has 1 aromatic carbocycles. The van der Waals surface area contributed by atoms with Gasteiger partial charge in [-0.2, -0.15) is 0 Å². The summed E-state index contributed by atoms with van der Waals surface area (Å²) < 4.78 is 0. The molecule has 0 bridgehead atoms. The van der Waals surface area contributed by atoms with Crippen LogP contribution in [0.4, 0.5) is 5.69 Å². The van der Waals surface area contributed by atoms with Crippen molar-refractivity contribution in [1.29, 1.82) is 0 Å². The second kappa shape index (κ2) is 5.87. The molecule has 1 N–H and O–H groups in total. The van der Waals surface area contributed by atoms with Gasteiger partial charge in [-0.15, -0.1) is 0 Å². The van der Waals surface area contributed by atoms with E-state index in [2.05, 4.69) is 37.0 Å². The van der Waals surface area contributed by atoms with Gasteiger partial charge in [0.2, 0.25) is 0 Å². The molecular weight excluding hydrogens is 200 g/mol. The van der Waals surface area contributed by atoms with E-state index in [0.29, 0.717) is 0 Å². The highest BCUT2D eigenvalue weighted by Gasteiger charge is 2.10. The molecule has 0 radical (unpaired) electrons. The Morgan fingerprint density at radius 2 is 1.75 bits per heavy atom. The summed E-state index contributed by atoms with van der Waals surface area (Å²) in [6, 6.07) is 8.00. The zero-order valence-corrected chi connectivity index (χ0v) is 10.6. The van der Waals surface area contributed by atoms with Crippen LogP contribution in [-0.2, 0) is 0 Å². The van der Waals surface area contributed by atoms with Crippen LogP contribution in [-0.4, -0.2) is 44.2 Å². The Morgan fingerprint density at radius 3 is 2.31 bits per heavy atom. The fourth-order valence-electron chi connectivity index (χ4n) is 1.66. The minimum Gasteiger partial charge on any atom is -0.389 e. The van der Waals surface area contributed by atoms with Crippen LogP contribution < -0.4 is 4.90 Å². The van der Waals surface area contributed by atoms with Crippen molar-refractivity contribution < 1.29 is 5.11 Å². The van der Waals surface area contributed by atoms with E-state index < -0.39 is 6.10 Å². The van der Waals surface area contributed by atoms with Gasteiger partial charge in [0.15, 0.2) is 0 Å². The first-order valence-electron chi connectivity index (χ1n) is 5.65. The SMILES string of the molecule is C[C@H](O)c1ccccc1N(C)CCN(C)C. The van der Waals surface area contributed by atoms with Crippen LogP contribution in [0, 0.1) is 0 Å². The maximum Gasteiger partial charge on any atom is 0.0781 e. The van der Waals surface area contributed by atoms with Gasteiger partial charge in [-0.25, -0.2) is 0 Å². The highest BCUT2D eigenvalue weighted by atomic mass is 16.3. The first kappa shape index (κ1) is 13.0. The summed E-state index contributed by atoms with van der Waals surface area (Å²) in [7, 11) is 6.19. The molecule has 16 heavy (non-hydrogen) atoms. The van der Waals surface area contributed by atoms with E-state index in [1.807, 2.05) is 18.2 Å². The molecule has 90 valence electrons. The molecule has 1 aromatic rings. The third-order valence-corrected chi connectivity index (χ3v) is 2.68. The van der Waals surface area contributed by atoms with Crippen molar-refractivity contribution in [3.05, 3.63) is 29.8 Å². The highest BCUT2D eigenvalue weighted by molar-refractivity contribution is 5.53. The normalized spacial score (nSPS) is 12.9. The van der Waals surface area contributed by atoms with Crippen molar-refractivity contribution in [1.82, 2.24) is 4.90 Å². The summed E-state index contributed by atoms with van der Waals surface area (Å²) in [6.45, 7) is 3.76. The number of benzene rings is 1. The summed E-state index contributed by atoms with van der Waals surface area (Å²) >= 11 is 0. The predicted octanol–water partition coefficient (Wildman–Crippen LogP) is 1.74. The smallest absolute Gasteiger partial charge is 0.0781 e. The molecule has 0 aliphatic carbocycles. The number of hydrogen-bond donors (Lipinski definition) is 1. The fraction of sp³-hybridized carbons (Fsp3) is 0.538. The van der Waals surface area contributed by atoms with Crippen molar-refractivity contribution in [2.75, 3.05) is 39.1 Å². The second-order valence-corrected chi connectivity index (χ2v) is 4.46. The molecule has 0 aliphatic heterocycles. The molecule has 0 aromatic heterocycles. The van der Waals surface area contributed by atoms with Crippen molar-refractivity contribution in [3.8, 4) is 0 Å². The Balaban J connectivity index is 2.77. The summed E-state index contributed by atoms with van der Waals surface area (Å²) in [5.41, 5.74) is 2.10. The number of para-hydroxylation sites is 1. The predicted molar refractivity (Wildman–Crippen MR) is 68.9 cm³/mol. The Kier molecular flexibility index (Phi) is 4.77. The molecule has 0 fully saturated rings. The number of likely N-dealkylation sites (N-methyl/N-ethyl adjacent to an activating group) is 2. The maximum absolute atomic E-state index is 9.69. The van der Waals surface area contributed by atoms with E-state index in [1.54, 1.807) is 6.92 Å². The van der Waals surface area contributed by atoms with Gasteiger partial charge in [0, 0.05) is 31.4 Å². The minimum atomic E-state index is -0.419. The van der Waals surface area contributed by atoms with E-state index in [9.17, 15) is 5.11 Å². The molecule has 0 aliphatic rings. The highest BCUT2D eigenvalue weighted by Crippen LogP contribution is 2.24. The summed E-state index contributed by atoms with van der Waals surface area (Å²) in [5, 5.41) is 9.69. The van der Waals surface area contributed by atoms with Gasteiger partial charge in [0.05, 0.1) is 6.10 Å². The standard InChI is InChI=1S/C13H22N2O/c1-11(16)12-7-5-6-8-13(12)15(4)10-9-14(2)3/h5-8,11,16H,9-10H2,1-4H3/t11-/m0/s1. The molecular formula is C13H22N2O. The lowest BCUT2D eigenvalue weighted by molar-refractivity contribution is 0.199. The van der Waals surface area contributed by atoms with Gasteiger partial charge in [0.25, 0.3) is 0 Å². The number of anilines is 1. The zero-order chi connectivity index (χ0) is 12.1. The minimum absolute atomic E-state index is 0.419. The van der Waals surface area contributed by atoms with Gasteiger partial charge >= 0.3 is 0 Å². The van der Waals surface area contributed by atoms with Crippen LogP contribution in [0.5, 0.6) is 0 Å². The average molecular weight is 222 g/mol. The Labute approximate surface area is 98.3 Å². The van der Waals surface area contributed by atoms with Crippen molar-refractivity contribution in [2.24, 2.45) is 0 Å². The third kappa shape index (κ3) is 3.51. The number of nitrogens with zero attached hydrogens (tertiary/aromatic N) is 2. The quantitative estimate of drug-likeness (QED) is 0.822. The van der Waals surface area contributed by atoms with Gasteiger partial charge in [0.1, 0.15) is 0 Å². The van der Waals surface area contributed by atoms with Crippen LogP contribution in [0.2, 0.25) is 0 Å². The van der Waals surface area contributed by atoms with Crippen molar-refractivity contribution in [3.63, 3.8) is 0 Å². The van der Waals surface area contributed by atoms with Crippen molar-refractivity contribution >= 4 is 5.69 Å². The van der Waals surface area contributed by atoms with Crippen LogP contribution in [0.15, 0.2) is 24.3 Å². The second-order valence-electron chi connectivity index (χ2n) is 4.46. The van der Waals surface area contributed by atoms with E-state index >= 15 is 0 Å². The van der Waals surface area contributed by atoms with E-state index in [0.717, 1.165) is 24.3 Å². The average Bonchev–Trinajstić information content (AvgIpc) is 2.25. The fourth-order valence-corrected chi connectivity index (χ4v) is 1.66. The summed E-state index contributed by atoms with van der Waals surface area (Å²) in [5.74, 6) is 0. The van der Waals surface area contributed by atoms with E-state index in [4.69, 9.17) is 0 Å². The van der Waals surface area contributed by atoms with Gasteiger partial charge < -0.3 is 14.9 Å². The lowest BCUT2D eigenvalue weighted by Crippen LogP contribution is -2.29. The monoisotopic (exact) mass is 222 g/mol. The number of hydrogen-bond acceptors (Lipinski definition) is 3. The van der Waals surface area contributed by atoms with E-state index in [-0.39, 0.29) is 0 Å². The molecule has 3 heteroatoms. The van der Waals surface area contributed by atoms with Crippen molar-refractivity contribution in [2.45, 2.75) is 13.0 Å². The lowest BCUT2D eigenvalue weighted by atomic mass is 10.1. The molecule has 0 heterocycles. The number of rotatable bonds is 5. The Bertz CT molecular complexity index is 323. The molecule has 0 saturated carbocycles. The van der Waals surface area contributed by atoms with Crippen LogP contribution in [0.1, 0.15) is 18.6 Å². The topological polar surface area (TPSA) is 26.7 Å². The summed E-state index contributed by atoms with van der Waals surface area (Å²) in [4.78, 5) is 4.34. The van der Waals surface area contributed by atoms with Gasteiger partial charge in [-0.1, -0.05) is 18.2 Å². The van der Waals surface area contributed by atoms with Gasteiger partial charge in [-0.3, -0.25) is 0 Å².